The minimum atomic E-state index is -1.08. The highest BCUT2D eigenvalue weighted by atomic mass is 16.5. The molecule has 0 radical (unpaired) electrons. The highest BCUT2D eigenvalue weighted by Crippen LogP contribution is 1.95. The van der Waals surface area contributed by atoms with Gasteiger partial charge in [0.15, 0.2) is 0 Å². The molecule has 0 fully saturated rings. The number of nitrogens with one attached hydrogen (secondary N) is 2. The van der Waals surface area contributed by atoms with E-state index in [1.165, 1.54) is 7.11 Å². The van der Waals surface area contributed by atoms with Crippen molar-refractivity contribution < 1.29 is 24.2 Å². The number of carboxylic acids is 1. The summed E-state index contributed by atoms with van der Waals surface area (Å²) in [6, 6.07) is -1.60. The van der Waals surface area contributed by atoms with Crippen molar-refractivity contribution in [3.8, 4) is 0 Å². The molecule has 0 aliphatic rings. The molecule has 0 rings (SSSR count). The number of amides is 2. The van der Waals surface area contributed by atoms with E-state index in [-0.39, 0.29) is 19.1 Å². The van der Waals surface area contributed by atoms with Crippen LogP contribution in [-0.4, -0.2) is 56.6 Å². The molecule has 7 heteroatoms. The van der Waals surface area contributed by atoms with Crippen LogP contribution in [0.1, 0.15) is 19.8 Å². The number of carboxylic acid groups (broad SMARTS) is 1. The number of hydrogen-bond donors (Lipinski definition) is 3. The molecule has 0 saturated heterocycles. The lowest BCUT2D eigenvalue weighted by Gasteiger charge is -2.19. The first kappa shape index (κ1) is 16.7. The fourth-order valence-corrected chi connectivity index (χ4v) is 1.34. The zero-order valence-electron chi connectivity index (χ0n) is 11.1. The van der Waals surface area contributed by atoms with E-state index in [1.54, 1.807) is 7.11 Å². The van der Waals surface area contributed by atoms with Crippen LogP contribution in [0.5, 0.6) is 0 Å². The van der Waals surface area contributed by atoms with E-state index in [1.807, 2.05) is 6.92 Å². The monoisotopic (exact) mass is 262 g/mol. The summed E-state index contributed by atoms with van der Waals surface area (Å²) in [5.41, 5.74) is 0. The van der Waals surface area contributed by atoms with Gasteiger partial charge in [0, 0.05) is 27.2 Å². The topological polar surface area (TPSA) is 96.9 Å². The lowest BCUT2D eigenvalue weighted by atomic mass is 10.2. The maximum atomic E-state index is 11.6. The average Bonchev–Trinajstić information content (AvgIpc) is 2.33. The summed E-state index contributed by atoms with van der Waals surface area (Å²) >= 11 is 0. The SMILES string of the molecule is CCC(COC)NC(=O)NC(CCOC)C(=O)O. The Bertz CT molecular complexity index is 260. The molecule has 0 aliphatic carbocycles. The molecular formula is C11H22N2O5. The lowest BCUT2D eigenvalue weighted by Crippen LogP contribution is -2.50. The predicted molar refractivity (Wildman–Crippen MR) is 65.5 cm³/mol. The molecule has 0 aliphatic heterocycles. The Labute approximate surface area is 107 Å². The van der Waals surface area contributed by atoms with Crippen LogP contribution in [0.2, 0.25) is 0 Å². The van der Waals surface area contributed by atoms with E-state index in [0.29, 0.717) is 13.0 Å². The predicted octanol–water partition coefficient (Wildman–Crippen LogP) is 0.200. The van der Waals surface area contributed by atoms with Crippen molar-refractivity contribution >= 4 is 12.0 Å². The van der Waals surface area contributed by atoms with Crippen molar-refractivity contribution in [1.82, 2.24) is 10.6 Å². The molecule has 106 valence electrons. The van der Waals surface area contributed by atoms with E-state index in [9.17, 15) is 9.59 Å². The number of hydrogen-bond acceptors (Lipinski definition) is 4. The van der Waals surface area contributed by atoms with Gasteiger partial charge >= 0.3 is 12.0 Å². The number of carbonyl (C=O) groups is 2. The first-order chi connectivity index (χ1) is 8.54. The second-order valence-corrected chi connectivity index (χ2v) is 3.85. The number of urea groups is 1. The Morgan fingerprint density at radius 1 is 1.22 bits per heavy atom. The van der Waals surface area contributed by atoms with Crippen LogP contribution in [0.4, 0.5) is 4.79 Å². The smallest absolute Gasteiger partial charge is 0.326 e. The summed E-state index contributed by atoms with van der Waals surface area (Å²) < 4.78 is 9.72. The van der Waals surface area contributed by atoms with Gasteiger partial charge in [-0.1, -0.05) is 6.92 Å². The fraction of sp³-hybridized carbons (Fsp3) is 0.818. The quantitative estimate of drug-likeness (QED) is 0.551. The number of carbonyl (C=O) groups excluding carboxylic acids is 1. The molecule has 0 bridgehead atoms. The summed E-state index contributed by atoms with van der Waals surface area (Å²) in [5.74, 6) is -1.08. The maximum Gasteiger partial charge on any atom is 0.326 e. The van der Waals surface area contributed by atoms with E-state index in [2.05, 4.69) is 10.6 Å². The van der Waals surface area contributed by atoms with Gasteiger partial charge in [0.05, 0.1) is 12.6 Å². The number of rotatable bonds is 9. The van der Waals surface area contributed by atoms with Crippen LogP contribution in [0, 0.1) is 0 Å². The third-order valence-corrected chi connectivity index (χ3v) is 2.41. The fourth-order valence-electron chi connectivity index (χ4n) is 1.34. The van der Waals surface area contributed by atoms with E-state index in [4.69, 9.17) is 14.6 Å². The summed E-state index contributed by atoms with van der Waals surface area (Å²) in [4.78, 5) is 22.5. The highest BCUT2D eigenvalue weighted by molar-refractivity contribution is 5.82. The largest absolute Gasteiger partial charge is 0.480 e. The molecule has 2 atom stereocenters. The molecule has 2 amide bonds. The van der Waals surface area contributed by atoms with Gasteiger partial charge in [-0.05, 0) is 6.42 Å². The third kappa shape index (κ3) is 7.08. The van der Waals surface area contributed by atoms with Crippen LogP contribution in [0.3, 0.4) is 0 Å². The number of ether oxygens (including phenoxy) is 2. The Kier molecular flexibility index (Phi) is 8.95. The zero-order chi connectivity index (χ0) is 14.0. The maximum absolute atomic E-state index is 11.6. The highest BCUT2D eigenvalue weighted by Gasteiger charge is 2.20. The lowest BCUT2D eigenvalue weighted by molar-refractivity contribution is -0.139. The van der Waals surface area contributed by atoms with Crippen LogP contribution in [0.25, 0.3) is 0 Å². The molecule has 0 heterocycles. The van der Waals surface area contributed by atoms with Crippen molar-refractivity contribution in [1.29, 1.82) is 0 Å². The van der Waals surface area contributed by atoms with E-state index < -0.39 is 18.0 Å². The van der Waals surface area contributed by atoms with Crippen molar-refractivity contribution in [2.45, 2.75) is 31.8 Å². The second kappa shape index (κ2) is 9.67. The first-order valence-electron chi connectivity index (χ1n) is 5.82. The third-order valence-electron chi connectivity index (χ3n) is 2.41. The number of methoxy groups -OCH3 is 2. The van der Waals surface area contributed by atoms with Crippen molar-refractivity contribution in [2.24, 2.45) is 0 Å². The first-order valence-corrected chi connectivity index (χ1v) is 5.82. The Morgan fingerprint density at radius 2 is 1.89 bits per heavy atom. The van der Waals surface area contributed by atoms with Crippen LogP contribution >= 0.6 is 0 Å². The molecule has 0 saturated carbocycles. The van der Waals surface area contributed by atoms with Crippen molar-refractivity contribution in [2.75, 3.05) is 27.4 Å². The summed E-state index contributed by atoms with van der Waals surface area (Å²) in [6.07, 6.45) is 0.928. The van der Waals surface area contributed by atoms with Gasteiger partial charge in [0.25, 0.3) is 0 Å². The molecule has 0 aromatic carbocycles. The van der Waals surface area contributed by atoms with Gasteiger partial charge in [-0.25, -0.2) is 9.59 Å². The van der Waals surface area contributed by atoms with Crippen molar-refractivity contribution in [3.05, 3.63) is 0 Å². The Balaban J connectivity index is 4.19. The standard InChI is InChI=1S/C11H22N2O5/c1-4-8(7-18-3)12-11(16)13-9(10(14)15)5-6-17-2/h8-9H,4-7H2,1-3H3,(H,14,15)(H2,12,13,16). The van der Waals surface area contributed by atoms with Crippen LogP contribution in [-0.2, 0) is 14.3 Å². The molecule has 2 unspecified atom stereocenters. The molecule has 0 aromatic rings. The average molecular weight is 262 g/mol. The molecule has 7 nitrogen and oxygen atoms in total. The van der Waals surface area contributed by atoms with E-state index in [0.717, 1.165) is 0 Å². The van der Waals surface area contributed by atoms with Gasteiger partial charge in [-0.15, -0.1) is 0 Å². The minimum absolute atomic E-state index is 0.133. The molecule has 0 spiro atoms. The Hall–Kier alpha value is -1.34. The summed E-state index contributed by atoms with van der Waals surface area (Å²) in [7, 11) is 3.02. The van der Waals surface area contributed by atoms with Crippen LogP contribution in [0.15, 0.2) is 0 Å². The molecule has 0 aromatic heterocycles. The minimum Gasteiger partial charge on any atom is -0.480 e. The van der Waals surface area contributed by atoms with Crippen LogP contribution < -0.4 is 10.6 Å². The van der Waals surface area contributed by atoms with Gasteiger partial charge < -0.3 is 25.2 Å². The molecule has 3 N–H and O–H groups in total. The van der Waals surface area contributed by atoms with Gasteiger partial charge in [0.1, 0.15) is 6.04 Å². The summed E-state index contributed by atoms with van der Waals surface area (Å²) in [5, 5.41) is 14.0. The van der Waals surface area contributed by atoms with Gasteiger partial charge in [0.2, 0.25) is 0 Å². The van der Waals surface area contributed by atoms with Gasteiger partial charge in [-0.3, -0.25) is 0 Å². The molecular weight excluding hydrogens is 240 g/mol. The second-order valence-electron chi connectivity index (χ2n) is 3.85. The van der Waals surface area contributed by atoms with Crippen molar-refractivity contribution in [3.63, 3.8) is 0 Å². The normalized spacial score (nSPS) is 13.7. The Morgan fingerprint density at radius 3 is 2.33 bits per heavy atom. The summed E-state index contributed by atoms with van der Waals surface area (Å²) in [6.45, 7) is 2.57. The number of aliphatic carboxylic acids is 1. The van der Waals surface area contributed by atoms with Gasteiger partial charge in [-0.2, -0.15) is 0 Å². The van der Waals surface area contributed by atoms with E-state index >= 15 is 0 Å². The zero-order valence-corrected chi connectivity index (χ0v) is 11.1. The molecule has 18 heavy (non-hydrogen) atoms.